The highest BCUT2D eigenvalue weighted by molar-refractivity contribution is 6.30. The molecule has 0 spiro atoms. The van der Waals surface area contributed by atoms with E-state index in [1.165, 1.54) is 0 Å². The minimum atomic E-state index is 0.131. The van der Waals surface area contributed by atoms with Crippen molar-refractivity contribution in [1.29, 1.82) is 0 Å². The highest BCUT2D eigenvalue weighted by atomic mass is 35.5. The van der Waals surface area contributed by atoms with E-state index < -0.39 is 0 Å². The fraction of sp³-hybridized carbons (Fsp3) is 0. The predicted octanol–water partition coefficient (Wildman–Crippen LogP) is 5.01. The van der Waals surface area contributed by atoms with Gasteiger partial charge < -0.3 is 5.11 Å². The lowest BCUT2D eigenvalue weighted by Gasteiger charge is -2.02. The van der Waals surface area contributed by atoms with E-state index in [0.29, 0.717) is 21.9 Å². The van der Waals surface area contributed by atoms with Crippen molar-refractivity contribution in [3.8, 4) is 5.75 Å². The van der Waals surface area contributed by atoms with Gasteiger partial charge in [0.1, 0.15) is 11.3 Å². The van der Waals surface area contributed by atoms with Crippen LogP contribution < -0.4 is 0 Å². The SMILES string of the molecule is Oc1ccc(N=Nc2ccc(Cl)cc2)c2cccnc12. The molecule has 5 heteroatoms. The van der Waals surface area contributed by atoms with Crippen LogP contribution in [0.4, 0.5) is 11.4 Å². The minimum Gasteiger partial charge on any atom is -0.506 e. The van der Waals surface area contributed by atoms with Crippen molar-refractivity contribution in [2.24, 2.45) is 10.2 Å². The average Bonchev–Trinajstić information content (AvgIpc) is 2.49. The van der Waals surface area contributed by atoms with Crippen molar-refractivity contribution < 1.29 is 5.11 Å². The van der Waals surface area contributed by atoms with Crippen LogP contribution in [0.2, 0.25) is 5.02 Å². The first-order chi connectivity index (χ1) is 9.74. The van der Waals surface area contributed by atoms with Crippen LogP contribution in [0.15, 0.2) is 65.0 Å². The molecule has 20 heavy (non-hydrogen) atoms. The van der Waals surface area contributed by atoms with E-state index in [4.69, 9.17) is 11.6 Å². The van der Waals surface area contributed by atoms with E-state index >= 15 is 0 Å². The maximum Gasteiger partial charge on any atom is 0.141 e. The summed E-state index contributed by atoms with van der Waals surface area (Å²) < 4.78 is 0. The molecule has 98 valence electrons. The number of phenols is 1. The van der Waals surface area contributed by atoms with Crippen molar-refractivity contribution in [2.75, 3.05) is 0 Å². The number of aromatic nitrogens is 1. The lowest BCUT2D eigenvalue weighted by Crippen LogP contribution is -1.79. The molecular weight excluding hydrogens is 274 g/mol. The summed E-state index contributed by atoms with van der Waals surface area (Å²) in [6.45, 7) is 0. The van der Waals surface area contributed by atoms with Crippen molar-refractivity contribution >= 4 is 33.9 Å². The monoisotopic (exact) mass is 283 g/mol. The number of halogens is 1. The molecule has 0 aliphatic rings. The number of hydrogen-bond acceptors (Lipinski definition) is 4. The lowest BCUT2D eigenvalue weighted by molar-refractivity contribution is 0.480. The zero-order valence-corrected chi connectivity index (χ0v) is 11.1. The molecule has 0 saturated heterocycles. The van der Waals surface area contributed by atoms with E-state index in [2.05, 4.69) is 15.2 Å². The zero-order chi connectivity index (χ0) is 13.9. The van der Waals surface area contributed by atoms with Gasteiger partial charge in [-0.1, -0.05) is 11.6 Å². The van der Waals surface area contributed by atoms with E-state index in [1.54, 1.807) is 48.7 Å². The van der Waals surface area contributed by atoms with Crippen LogP contribution in [0.1, 0.15) is 0 Å². The van der Waals surface area contributed by atoms with E-state index in [0.717, 1.165) is 5.39 Å². The van der Waals surface area contributed by atoms with Crippen LogP contribution in [-0.4, -0.2) is 10.1 Å². The van der Waals surface area contributed by atoms with Gasteiger partial charge in [-0.2, -0.15) is 5.11 Å². The molecule has 4 nitrogen and oxygen atoms in total. The number of aromatic hydroxyl groups is 1. The summed E-state index contributed by atoms with van der Waals surface area (Å²) in [5.41, 5.74) is 1.88. The smallest absolute Gasteiger partial charge is 0.141 e. The first kappa shape index (κ1) is 12.6. The zero-order valence-electron chi connectivity index (χ0n) is 10.4. The van der Waals surface area contributed by atoms with Gasteiger partial charge in [0.15, 0.2) is 0 Å². The van der Waals surface area contributed by atoms with Gasteiger partial charge >= 0.3 is 0 Å². The highest BCUT2D eigenvalue weighted by Gasteiger charge is 2.05. The molecule has 0 unspecified atom stereocenters. The van der Waals surface area contributed by atoms with Crippen LogP contribution in [0, 0.1) is 0 Å². The second-order valence-electron chi connectivity index (χ2n) is 4.18. The quantitative estimate of drug-likeness (QED) is 0.672. The Morgan fingerprint density at radius 1 is 0.950 bits per heavy atom. The number of phenolic OH excluding ortho intramolecular Hbond substituents is 1. The number of benzene rings is 2. The lowest BCUT2D eigenvalue weighted by atomic mass is 10.2. The molecule has 0 aliphatic carbocycles. The minimum absolute atomic E-state index is 0.131. The number of fused-ring (bicyclic) bond motifs is 1. The maximum atomic E-state index is 9.76. The summed E-state index contributed by atoms with van der Waals surface area (Å²) in [6, 6.07) is 14.0. The van der Waals surface area contributed by atoms with Gasteiger partial charge in [0.2, 0.25) is 0 Å². The van der Waals surface area contributed by atoms with E-state index in [9.17, 15) is 5.11 Å². The third-order valence-corrected chi connectivity index (χ3v) is 3.08. The summed E-state index contributed by atoms with van der Waals surface area (Å²) in [7, 11) is 0. The summed E-state index contributed by atoms with van der Waals surface area (Å²) in [6.07, 6.45) is 1.63. The molecule has 1 heterocycles. The molecule has 1 aromatic heterocycles. The summed E-state index contributed by atoms with van der Waals surface area (Å²) in [4.78, 5) is 4.14. The van der Waals surface area contributed by atoms with Crippen molar-refractivity contribution in [1.82, 2.24) is 4.98 Å². The number of rotatable bonds is 2. The molecule has 0 aliphatic heterocycles. The number of nitrogens with zero attached hydrogens (tertiary/aromatic N) is 3. The molecule has 0 bridgehead atoms. The summed E-state index contributed by atoms with van der Waals surface area (Å²) >= 11 is 5.82. The Bertz CT molecular complexity index is 785. The number of pyridine rings is 1. The van der Waals surface area contributed by atoms with Crippen LogP contribution in [0.25, 0.3) is 10.9 Å². The third-order valence-electron chi connectivity index (χ3n) is 2.83. The second-order valence-corrected chi connectivity index (χ2v) is 4.62. The van der Waals surface area contributed by atoms with Gasteiger partial charge in [0.05, 0.1) is 11.4 Å². The molecule has 0 saturated carbocycles. The van der Waals surface area contributed by atoms with Crippen molar-refractivity contribution in [3.05, 3.63) is 59.8 Å². The van der Waals surface area contributed by atoms with Gasteiger partial charge in [-0.25, -0.2) is 0 Å². The Balaban J connectivity index is 2.03. The standard InChI is InChI=1S/C15H10ClN3O/c16-10-3-5-11(6-4-10)18-19-13-7-8-14(20)15-12(13)2-1-9-17-15/h1-9,20H. The molecular formula is C15H10ClN3O. The Kier molecular flexibility index (Phi) is 3.31. The van der Waals surface area contributed by atoms with Gasteiger partial charge in [0.25, 0.3) is 0 Å². The van der Waals surface area contributed by atoms with Gasteiger partial charge in [-0.15, -0.1) is 5.11 Å². The Morgan fingerprint density at radius 3 is 2.55 bits per heavy atom. The molecule has 0 amide bonds. The first-order valence-electron chi connectivity index (χ1n) is 5.98. The topological polar surface area (TPSA) is 57.8 Å². The number of azo groups is 1. The molecule has 0 fully saturated rings. The highest BCUT2D eigenvalue weighted by Crippen LogP contribution is 2.31. The fourth-order valence-corrected chi connectivity index (χ4v) is 1.98. The van der Waals surface area contributed by atoms with Crippen LogP contribution in [-0.2, 0) is 0 Å². The Morgan fingerprint density at radius 2 is 1.75 bits per heavy atom. The van der Waals surface area contributed by atoms with Crippen LogP contribution >= 0.6 is 11.6 Å². The molecule has 1 N–H and O–H groups in total. The molecule has 0 radical (unpaired) electrons. The average molecular weight is 284 g/mol. The predicted molar refractivity (Wildman–Crippen MR) is 79.0 cm³/mol. The van der Waals surface area contributed by atoms with Crippen molar-refractivity contribution in [2.45, 2.75) is 0 Å². The van der Waals surface area contributed by atoms with Gasteiger partial charge in [0, 0.05) is 16.6 Å². The summed E-state index contributed by atoms with van der Waals surface area (Å²) in [5, 5.41) is 19.5. The van der Waals surface area contributed by atoms with Gasteiger partial charge in [-0.3, -0.25) is 4.98 Å². The number of hydrogen-bond donors (Lipinski definition) is 1. The van der Waals surface area contributed by atoms with Crippen LogP contribution in [0.5, 0.6) is 5.75 Å². The first-order valence-corrected chi connectivity index (χ1v) is 6.36. The molecule has 2 aromatic carbocycles. The Hall–Kier alpha value is -2.46. The molecule has 0 atom stereocenters. The van der Waals surface area contributed by atoms with Crippen LogP contribution in [0.3, 0.4) is 0 Å². The Labute approximate surface area is 120 Å². The van der Waals surface area contributed by atoms with Crippen molar-refractivity contribution in [3.63, 3.8) is 0 Å². The molecule has 3 aromatic rings. The fourth-order valence-electron chi connectivity index (χ4n) is 1.85. The normalized spacial score (nSPS) is 11.2. The van der Waals surface area contributed by atoms with E-state index in [1.807, 2.05) is 6.07 Å². The maximum absolute atomic E-state index is 9.76. The van der Waals surface area contributed by atoms with E-state index in [-0.39, 0.29) is 5.75 Å². The third kappa shape index (κ3) is 2.46. The molecule has 3 rings (SSSR count). The van der Waals surface area contributed by atoms with Gasteiger partial charge in [-0.05, 0) is 48.5 Å². The summed E-state index contributed by atoms with van der Waals surface area (Å²) in [5.74, 6) is 0.131. The largest absolute Gasteiger partial charge is 0.506 e. The second kappa shape index (κ2) is 5.27.